The van der Waals surface area contributed by atoms with Gasteiger partial charge in [0.15, 0.2) is 0 Å². The van der Waals surface area contributed by atoms with Gasteiger partial charge < -0.3 is 10.2 Å². The maximum atomic E-state index is 12.8. The van der Waals surface area contributed by atoms with Gasteiger partial charge in [-0.05, 0) is 41.6 Å². The first-order valence-corrected chi connectivity index (χ1v) is 9.36. The van der Waals surface area contributed by atoms with Crippen molar-refractivity contribution in [1.82, 2.24) is 10.2 Å². The number of aryl methyl sites for hydroxylation is 1. The molecule has 4 nitrogen and oxygen atoms in total. The Morgan fingerprint density at radius 2 is 2.11 bits per heavy atom. The maximum Gasteiger partial charge on any atom is 0.416 e. The molecular weight excluding hydrogens is 377 g/mol. The van der Waals surface area contributed by atoms with Crippen molar-refractivity contribution in [2.24, 2.45) is 5.92 Å². The second-order valence-electron chi connectivity index (χ2n) is 6.62. The molecule has 0 aliphatic carbocycles. The van der Waals surface area contributed by atoms with Crippen LogP contribution in [0.15, 0.2) is 35.7 Å². The molecule has 1 fully saturated rings. The fourth-order valence-electron chi connectivity index (χ4n) is 3.06. The lowest BCUT2D eigenvalue weighted by atomic mass is 10.1. The number of hydrogen-bond acceptors (Lipinski definition) is 3. The number of carbonyl (C=O) groups is 2. The van der Waals surface area contributed by atoms with Crippen molar-refractivity contribution in [3.05, 3.63) is 57.3 Å². The molecule has 27 heavy (non-hydrogen) atoms. The van der Waals surface area contributed by atoms with E-state index in [0.717, 1.165) is 22.6 Å². The van der Waals surface area contributed by atoms with E-state index < -0.39 is 17.7 Å². The topological polar surface area (TPSA) is 49.4 Å². The van der Waals surface area contributed by atoms with Crippen LogP contribution in [0.2, 0.25) is 0 Å². The van der Waals surface area contributed by atoms with Crippen LogP contribution < -0.4 is 5.32 Å². The molecule has 1 atom stereocenters. The standard InChI is InChI=1S/C19H19F3N2O2S/c1-12-5-6-27-16(12)9-23-18(26)14-8-17(25)24(11-14)10-13-3-2-4-15(7-13)19(20,21)22/h2-7,14H,8-11H2,1H3,(H,23,26). The smallest absolute Gasteiger partial charge is 0.351 e. The van der Waals surface area contributed by atoms with E-state index in [2.05, 4.69) is 5.32 Å². The minimum atomic E-state index is -4.42. The zero-order valence-corrected chi connectivity index (χ0v) is 15.5. The summed E-state index contributed by atoms with van der Waals surface area (Å²) >= 11 is 1.56. The van der Waals surface area contributed by atoms with E-state index in [9.17, 15) is 22.8 Å². The fraction of sp³-hybridized carbons (Fsp3) is 0.368. The number of nitrogens with zero attached hydrogens (tertiary/aromatic N) is 1. The Labute approximate surface area is 159 Å². The first-order valence-electron chi connectivity index (χ1n) is 8.48. The van der Waals surface area contributed by atoms with E-state index in [1.54, 1.807) is 17.4 Å². The summed E-state index contributed by atoms with van der Waals surface area (Å²) in [6.45, 7) is 2.66. The highest BCUT2D eigenvalue weighted by atomic mass is 32.1. The van der Waals surface area contributed by atoms with Gasteiger partial charge in [0.25, 0.3) is 0 Å². The third-order valence-electron chi connectivity index (χ3n) is 4.60. The van der Waals surface area contributed by atoms with Crippen LogP contribution in [0.25, 0.3) is 0 Å². The highest BCUT2D eigenvalue weighted by Crippen LogP contribution is 2.30. The Hall–Kier alpha value is -2.35. The van der Waals surface area contributed by atoms with E-state index in [1.807, 2.05) is 18.4 Å². The van der Waals surface area contributed by atoms with Crippen LogP contribution in [0, 0.1) is 12.8 Å². The number of benzene rings is 1. The van der Waals surface area contributed by atoms with Crippen LogP contribution >= 0.6 is 11.3 Å². The molecule has 2 heterocycles. The lowest BCUT2D eigenvalue weighted by Crippen LogP contribution is -2.32. The molecule has 144 valence electrons. The van der Waals surface area contributed by atoms with Crippen molar-refractivity contribution in [3.8, 4) is 0 Å². The quantitative estimate of drug-likeness (QED) is 0.837. The Bertz CT molecular complexity index is 847. The molecule has 0 saturated carbocycles. The van der Waals surface area contributed by atoms with Crippen LogP contribution in [0.5, 0.6) is 0 Å². The predicted octanol–water partition coefficient (Wildman–Crippen LogP) is 3.74. The molecule has 0 spiro atoms. The summed E-state index contributed by atoms with van der Waals surface area (Å²) in [7, 11) is 0. The molecule has 8 heteroatoms. The second-order valence-corrected chi connectivity index (χ2v) is 7.62. The van der Waals surface area contributed by atoms with Crippen molar-refractivity contribution in [1.29, 1.82) is 0 Å². The predicted molar refractivity (Wildman–Crippen MR) is 95.9 cm³/mol. The summed E-state index contributed by atoms with van der Waals surface area (Å²) in [5.74, 6) is -0.911. The molecule has 1 aliphatic rings. The molecule has 1 aliphatic heterocycles. The van der Waals surface area contributed by atoms with E-state index in [-0.39, 0.29) is 31.3 Å². The van der Waals surface area contributed by atoms with E-state index in [0.29, 0.717) is 12.1 Å². The minimum Gasteiger partial charge on any atom is -0.351 e. The molecule has 2 aromatic rings. The number of halogens is 3. The number of thiophene rings is 1. The van der Waals surface area contributed by atoms with Crippen molar-refractivity contribution in [3.63, 3.8) is 0 Å². The highest BCUT2D eigenvalue weighted by Gasteiger charge is 2.35. The normalized spacial score (nSPS) is 17.4. The number of likely N-dealkylation sites (tertiary alicyclic amines) is 1. The van der Waals surface area contributed by atoms with E-state index in [4.69, 9.17) is 0 Å². The molecule has 1 saturated heterocycles. The molecule has 1 aromatic heterocycles. The van der Waals surface area contributed by atoms with Gasteiger partial charge in [0, 0.05) is 24.4 Å². The average Bonchev–Trinajstić information content (AvgIpc) is 3.18. The largest absolute Gasteiger partial charge is 0.416 e. The van der Waals surface area contributed by atoms with Crippen LogP contribution in [0.3, 0.4) is 0 Å². The van der Waals surface area contributed by atoms with Gasteiger partial charge in [-0.25, -0.2) is 0 Å². The molecule has 1 aromatic carbocycles. The monoisotopic (exact) mass is 396 g/mol. The number of carbonyl (C=O) groups excluding carboxylic acids is 2. The summed E-state index contributed by atoms with van der Waals surface area (Å²) in [6, 6.07) is 6.89. The van der Waals surface area contributed by atoms with Gasteiger partial charge >= 0.3 is 6.18 Å². The Balaban J connectivity index is 1.59. The molecule has 1 N–H and O–H groups in total. The zero-order chi connectivity index (χ0) is 19.6. The van der Waals surface area contributed by atoms with Crippen LogP contribution in [0.4, 0.5) is 13.2 Å². The second kappa shape index (κ2) is 7.72. The number of nitrogens with one attached hydrogen (secondary N) is 1. The zero-order valence-electron chi connectivity index (χ0n) is 14.7. The first kappa shape index (κ1) is 19.4. The molecule has 3 rings (SSSR count). The summed E-state index contributed by atoms with van der Waals surface area (Å²) in [4.78, 5) is 27.0. The summed E-state index contributed by atoms with van der Waals surface area (Å²) < 4.78 is 38.5. The first-order chi connectivity index (χ1) is 12.7. The molecule has 1 unspecified atom stereocenters. The third-order valence-corrected chi connectivity index (χ3v) is 5.63. The van der Waals surface area contributed by atoms with Crippen molar-refractivity contribution in [2.75, 3.05) is 6.54 Å². The van der Waals surface area contributed by atoms with Gasteiger partial charge in [-0.15, -0.1) is 11.3 Å². The van der Waals surface area contributed by atoms with Gasteiger partial charge in [-0.2, -0.15) is 13.2 Å². The van der Waals surface area contributed by atoms with Crippen molar-refractivity contribution in [2.45, 2.75) is 32.6 Å². The molecular formula is C19H19F3N2O2S. The van der Waals surface area contributed by atoms with Crippen LogP contribution in [0.1, 0.15) is 28.0 Å². The fourth-order valence-corrected chi connectivity index (χ4v) is 3.91. The van der Waals surface area contributed by atoms with Crippen LogP contribution in [-0.2, 0) is 28.9 Å². The summed E-state index contributed by atoms with van der Waals surface area (Å²) in [5.41, 5.74) is 0.759. The minimum absolute atomic E-state index is 0.0660. The SMILES string of the molecule is Cc1ccsc1CNC(=O)C1CC(=O)N(Cc2cccc(C(F)(F)F)c2)C1. The third kappa shape index (κ3) is 4.68. The molecule has 2 amide bonds. The van der Waals surface area contributed by atoms with E-state index >= 15 is 0 Å². The Morgan fingerprint density at radius 3 is 2.78 bits per heavy atom. The van der Waals surface area contributed by atoms with Crippen LogP contribution in [-0.4, -0.2) is 23.3 Å². The number of rotatable bonds is 5. The summed E-state index contributed by atoms with van der Waals surface area (Å²) in [5, 5.41) is 4.80. The Morgan fingerprint density at radius 1 is 1.33 bits per heavy atom. The van der Waals surface area contributed by atoms with Gasteiger partial charge in [0.2, 0.25) is 11.8 Å². The van der Waals surface area contributed by atoms with Crippen molar-refractivity contribution >= 4 is 23.2 Å². The van der Waals surface area contributed by atoms with E-state index in [1.165, 1.54) is 11.0 Å². The number of hydrogen-bond donors (Lipinski definition) is 1. The van der Waals surface area contributed by atoms with Crippen molar-refractivity contribution < 1.29 is 22.8 Å². The van der Waals surface area contributed by atoms with Gasteiger partial charge in [-0.3, -0.25) is 9.59 Å². The van der Waals surface area contributed by atoms with Gasteiger partial charge in [0.05, 0.1) is 18.0 Å². The maximum absolute atomic E-state index is 12.8. The number of alkyl halides is 3. The van der Waals surface area contributed by atoms with Gasteiger partial charge in [0.1, 0.15) is 0 Å². The number of amides is 2. The summed E-state index contributed by atoms with van der Waals surface area (Å²) in [6.07, 6.45) is -4.35. The van der Waals surface area contributed by atoms with Gasteiger partial charge in [-0.1, -0.05) is 12.1 Å². The molecule has 0 radical (unpaired) electrons. The highest BCUT2D eigenvalue weighted by molar-refractivity contribution is 7.10. The lowest BCUT2D eigenvalue weighted by molar-refractivity contribution is -0.137. The lowest BCUT2D eigenvalue weighted by Gasteiger charge is -2.17. The molecule has 0 bridgehead atoms. The Kier molecular flexibility index (Phi) is 5.55. The average molecular weight is 396 g/mol.